The second kappa shape index (κ2) is 4.04. The first-order valence-corrected chi connectivity index (χ1v) is 3.70. The topological polar surface area (TPSA) is 51.8 Å². The zero-order valence-electron chi connectivity index (χ0n) is 7.13. The molecule has 1 rings (SSSR count). The van der Waals surface area contributed by atoms with Gasteiger partial charge in [0, 0.05) is 11.9 Å². The van der Waals surface area contributed by atoms with Crippen molar-refractivity contribution in [2.24, 2.45) is 0 Å². The lowest BCUT2D eigenvalue weighted by molar-refractivity contribution is 0.831. The molecule has 3 nitrogen and oxygen atoms in total. The summed E-state index contributed by atoms with van der Waals surface area (Å²) < 4.78 is 0. The molecule has 0 unspecified atom stereocenters. The van der Waals surface area contributed by atoms with Crippen LogP contribution in [0.4, 0.5) is 5.95 Å². The highest BCUT2D eigenvalue weighted by Crippen LogP contribution is 2.15. The Hall–Kier alpha value is -1.12. The van der Waals surface area contributed by atoms with Crippen LogP contribution in [0.1, 0.15) is 38.4 Å². The van der Waals surface area contributed by atoms with Crippen molar-refractivity contribution in [1.29, 1.82) is 0 Å². The molecule has 1 heterocycles. The molecule has 0 aliphatic carbocycles. The van der Waals surface area contributed by atoms with Crippen molar-refractivity contribution in [3.05, 3.63) is 17.5 Å². The molecule has 0 atom stereocenters. The zero-order chi connectivity index (χ0) is 8.43. The van der Waals surface area contributed by atoms with Crippen LogP contribution in [-0.4, -0.2) is 9.97 Å². The molecule has 2 N–H and O–H groups in total. The van der Waals surface area contributed by atoms with Gasteiger partial charge in [-0.1, -0.05) is 21.3 Å². The SMILES string of the molecule is C.Cc1nc(N)ncc1C(C)C. The van der Waals surface area contributed by atoms with Crippen LogP contribution in [-0.2, 0) is 0 Å². The third kappa shape index (κ3) is 2.19. The number of rotatable bonds is 1. The molecular formula is C9H17N3. The van der Waals surface area contributed by atoms with Crippen molar-refractivity contribution in [3.8, 4) is 0 Å². The number of nitrogens with zero attached hydrogens (tertiary/aromatic N) is 2. The van der Waals surface area contributed by atoms with Gasteiger partial charge in [-0.2, -0.15) is 0 Å². The molecule has 0 saturated heterocycles. The lowest BCUT2D eigenvalue weighted by atomic mass is 10.0. The molecule has 0 spiro atoms. The summed E-state index contributed by atoms with van der Waals surface area (Å²) in [6.45, 7) is 6.18. The number of anilines is 1. The summed E-state index contributed by atoms with van der Waals surface area (Å²) in [6.07, 6.45) is 1.79. The summed E-state index contributed by atoms with van der Waals surface area (Å²) in [6, 6.07) is 0. The van der Waals surface area contributed by atoms with Gasteiger partial charge in [-0.05, 0) is 18.4 Å². The van der Waals surface area contributed by atoms with Gasteiger partial charge in [0.25, 0.3) is 0 Å². The van der Waals surface area contributed by atoms with Crippen LogP contribution in [0.5, 0.6) is 0 Å². The maximum atomic E-state index is 5.41. The second-order valence-electron chi connectivity index (χ2n) is 2.92. The van der Waals surface area contributed by atoms with Gasteiger partial charge in [0.15, 0.2) is 0 Å². The van der Waals surface area contributed by atoms with Gasteiger partial charge in [0.05, 0.1) is 0 Å². The molecule has 3 heteroatoms. The average Bonchev–Trinajstić information content (AvgIpc) is 1.85. The fraction of sp³-hybridized carbons (Fsp3) is 0.556. The van der Waals surface area contributed by atoms with E-state index in [4.69, 9.17) is 5.73 Å². The van der Waals surface area contributed by atoms with Gasteiger partial charge in [-0.15, -0.1) is 0 Å². The summed E-state index contributed by atoms with van der Waals surface area (Å²) in [5.74, 6) is 0.822. The zero-order valence-corrected chi connectivity index (χ0v) is 7.13. The Labute approximate surface area is 74.0 Å². The minimum atomic E-state index is 0. The highest BCUT2D eigenvalue weighted by atomic mass is 15.0. The molecule has 12 heavy (non-hydrogen) atoms. The first-order valence-electron chi connectivity index (χ1n) is 3.70. The molecular weight excluding hydrogens is 150 g/mol. The minimum Gasteiger partial charge on any atom is -0.368 e. The molecule has 68 valence electrons. The van der Waals surface area contributed by atoms with Crippen LogP contribution in [0.25, 0.3) is 0 Å². The molecule has 0 bridgehead atoms. The van der Waals surface area contributed by atoms with E-state index in [1.807, 2.05) is 6.92 Å². The van der Waals surface area contributed by atoms with Crippen molar-refractivity contribution in [3.63, 3.8) is 0 Å². The number of nitrogen functional groups attached to an aromatic ring is 1. The summed E-state index contributed by atoms with van der Waals surface area (Å²) in [5.41, 5.74) is 7.55. The Morgan fingerprint density at radius 2 is 2.00 bits per heavy atom. The van der Waals surface area contributed by atoms with Crippen LogP contribution in [0.3, 0.4) is 0 Å². The smallest absolute Gasteiger partial charge is 0.220 e. The van der Waals surface area contributed by atoms with Gasteiger partial charge in [0.2, 0.25) is 5.95 Å². The van der Waals surface area contributed by atoms with Crippen LogP contribution < -0.4 is 5.73 Å². The number of aromatic nitrogens is 2. The van der Waals surface area contributed by atoms with E-state index in [-0.39, 0.29) is 7.43 Å². The Morgan fingerprint density at radius 1 is 1.42 bits per heavy atom. The van der Waals surface area contributed by atoms with E-state index in [0.29, 0.717) is 11.9 Å². The minimum absolute atomic E-state index is 0. The van der Waals surface area contributed by atoms with E-state index in [0.717, 1.165) is 5.69 Å². The van der Waals surface area contributed by atoms with Crippen LogP contribution in [0.15, 0.2) is 6.20 Å². The molecule has 0 radical (unpaired) electrons. The first kappa shape index (κ1) is 10.9. The Kier molecular flexibility index (Phi) is 3.67. The maximum Gasteiger partial charge on any atom is 0.220 e. The maximum absolute atomic E-state index is 5.41. The second-order valence-corrected chi connectivity index (χ2v) is 2.92. The average molecular weight is 167 g/mol. The van der Waals surface area contributed by atoms with E-state index in [1.54, 1.807) is 6.20 Å². The first-order chi connectivity index (χ1) is 5.11. The van der Waals surface area contributed by atoms with E-state index in [9.17, 15) is 0 Å². The molecule has 0 fully saturated rings. The molecule has 0 saturated carbocycles. The lowest BCUT2D eigenvalue weighted by Gasteiger charge is -2.07. The van der Waals surface area contributed by atoms with Crippen molar-refractivity contribution in [1.82, 2.24) is 9.97 Å². The summed E-state index contributed by atoms with van der Waals surface area (Å²) >= 11 is 0. The predicted octanol–water partition coefficient (Wildman–Crippen LogP) is 2.13. The monoisotopic (exact) mass is 167 g/mol. The summed E-state index contributed by atoms with van der Waals surface area (Å²) in [4.78, 5) is 7.99. The van der Waals surface area contributed by atoms with Crippen LogP contribution in [0, 0.1) is 6.92 Å². The molecule has 1 aromatic rings. The summed E-state index contributed by atoms with van der Waals surface area (Å²) in [5, 5.41) is 0. The van der Waals surface area contributed by atoms with Crippen molar-refractivity contribution >= 4 is 5.95 Å². The van der Waals surface area contributed by atoms with Crippen molar-refractivity contribution in [2.75, 3.05) is 5.73 Å². The van der Waals surface area contributed by atoms with Gasteiger partial charge >= 0.3 is 0 Å². The van der Waals surface area contributed by atoms with E-state index in [1.165, 1.54) is 5.56 Å². The van der Waals surface area contributed by atoms with Crippen molar-refractivity contribution < 1.29 is 0 Å². The molecule has 0 aromatic carbocycles. The quantitative estimate of drug-likeness (QED) is 0.697. The molecule has 0 aliphatic heterocycles. The normalized spacial score (nSPS) is 9.67. The molecule has 0 amide bonds. The van der Waals surface area contributed by atoms with Gasteiger partial charge in [-0.3, -0.25) is 0 Å². The fourth-order valence-electron chi connectivity index (χ4n) is 1.06. The summed E-state index contributed by atoms with van der Waals surface area (Å²) in [7, 11) is 0. The Bertz CT molecular complexity index is 256. The van der Waals surface area contributed by atoms with Gasteiger partial charge in [-0.25, -0.2) is 9.97 Å². The van der Waals surface area contributed by atoms with Crippen molar-refractivity contribution in [2.45, 2.75) is 34.1 Å². The third-order valence-corrected chi connectivity index (χ3v) is 1.66. The van der Waals surface area contributed by atoms with Crippen LogP contribution in [0.2, 0.25) is 0 Å². The fourth-order valence-corrected chi connectivity index (χ4v) is 1.06. The Balaban J connectivity index is 0.00000121. The highest BCUT2D eigenvalue weighted by molar-refractivity contribution is 5.26. The highest BCUT2D eigenvalue weighted by Gasteiger charge is 2.04. The number of aryl methyl sites for hydroxylation is 1. The van der Waals surface area contributed by atoms with E-state index < -0.39 is 0 Å². The predicted molar refractivity (Wildman–Crippen MR) is 52.0 cm³/mol. The number of hydrogen-bond acceptors (Lipinski definition) is 3. The molecule has 1 aromatic heterocycles. The lowest BCUT2D eigenvalue weighted by Crippen LogP contribution is -2.01. The van der Waals surface area contributed by atoms with E-state index in [2.05, 4.69) is 23.8 Å². The number of nitrogens with two attached hydrogens (primary N) is 1. The standard InChI is InChI=1S/C8H13N3.CH4/c1-5(2)7-4-10-8(9)11-6(7)3;/h4-5H,1-3H3,(H2,9,10,11);1H4. The van der Waals surface area contributed by atoms with E-state index >= 15 is 0 Å². The third-order valence-electron chi connectivity index (χ3n) is 1.66. The van der Waals surface area contributed by atoms with Crippen LogP contribution >= 0.6 is 0 Å². The number of hydrogen-bond donors (Lipinski definition) is 1. The van der Waals surface area contributed by atoms with Gasteiger partial charge in [0.1, 0.15) is 0 Å². The molecule has 0 aliphatic rings. The largest absolute Gasteiger partial charge is 0.368 e. The van der Waals surface area contributed by atoms with Gasteiger partial charge < -0.3 is 5.73 Å². The Morgan fingerprint density at radius 3 is 2.42 bits per heavy atom.